The molecule has 0 saturated carbocycles. The quantitative estimate of drug-likeness (QED) is 0.535. The molecule has 166 valence electrons. The van der Waals surface area contributed by atoms with Crippen LogP contribution in [0.4, 0.5) is 0 Å². The van der Waals surface area contributed by atoms with Crippen LogP contribution in [0.1, 0.15) is 30.1 Å². The van der Waals surface area contributed by atoms with Crippen molar-refractivity contribution < 1.29 is 9.53 Å². The van der Waals surface area contributed by atoms with Gasteiger partial charge < -0.3 is 24.5 Å². The van der Waals surface area contributed by atoms with Gasteiger partial charge in [0.1, 0.15) is 0 Å². The van der Waals surface area contributed by atoms with Gasteiger partial charge in [0.05, 0.1) is 35.6 Å². The third-order valence-corrected chi connectivity index (χ3v) is 6.39. The van der Waals surface area contributed by atoms with Crippen molar-refractivity contribution in [3.63, 3.8) is 0 Å². The lowest BCUT2D eigenvalue weighted by Crippen LogP contribution is -2.45. The molecule has 1 aliphatic heterocycles. The minimum absolute atomic E-state index is 0.0232. The van der Waals surface area contributed by atoms with Crippen LogP contribution in [0.5, 0.6) is 5.88 Å². The van der Waals surface area contributed by atoms with Crippen molar-refractivity contribution in [2.24, 2.45) is 12.8 Å². The molecule has 4 aromatic rings. The first-order valence-corrected chi connectivity index (χ1v) is 11.0. The molecule has 1 amide bonds. The van der Waals surface area contributed by atoms with Crippen LogP contribution in [0.15, 0.2) is 36.5 Å². The highest BCUT2D eigenvalue weighted by molar-refractivity contribution is 5.98. The molecule has 1 aliphatic rings. The number of methoxy groups -OCH3 is 1. The highest BCUT2D eigenvalue weighted by atomic mass is 16.5. The molecule has 32 heavy (non-hydrogen) atoms. The fraction of sp³-hybridized carbons (Fsp3) is 0.375. The highest BCUT2D eigenvalue weighted by Gasteiger charge is 2.23. The minimum atomic E-state index is 0.0232. The molecule has 3 aromatic heterocycles. The Bertz CT molecular complexity index is 1320. The number of amides is 1. The Hall–Kier alpha value is -3.39. The smallest absolute Gasteiger partial charge is 0.253 e. The number of nitrogens with zero attached hydrogens (tertiary/aromatic N) is 5. The number of nitrogens with two attached hydrogens (primary N) is 1. The lowest BCUT2D eigenvalue weighted by Gasteiger charge is -2.30. The van der Waals surface area contributed by atoms with Crippen LogP contribution in [0.2, 0.25) is 0 Å². The summed E-state index contributed by atoms with van der Waals surface area (Å²) in [6, 6.07) is 9.87. The zero-order chi connectivity index (χ0) is 22.4. The predicted octanol–water partition coefficient (Wildman–Crippen LogP) is 3.18. The van der Waals surface area contributed by atoms with Crippen LogP contribution in [-0.4, -0.2) is 56.2 Å². The topological polar surface area (TPSA) is 91.2 Å². The Morgan fingerprint density at radius 3 is 2.84 bits per heavy atom. The van der Waals surface area contributed by atoms with Gasteiger partial charge in [-0.1, -0.05) is 0 Å². The van der Waals surface area contributed by atoms with Crippen LogP contribution in [0.25, 0.3) is 33.5 Å². The molecule has 0 radical (unpaired) electrons. The van der Waals surface area contributed by atoms with E-state index in [0.29, 0.717) is 18.0 Å². The maximum absolute atomic E-state index is 13.0. The summed E-state index contributed by atoms with van der Waals surface area (Å²) in [4.78, 5) is 24.2. The van der Waals surface area contributed by atoms with E-state index < -0.39 is 0 Å². The van der Waals surface area contributed by atoms with Gasteiger partial charge in [0.2, 0.25) is 5.88 Å². The third-order valence-electron chi connectivity index (χ3n) is 6.39. The summed E-state index contributed by atoms with van der Waals surface area (Å²) in [6.07, 6.45) is 3.76. The normalized spacial score (nSPS) is 16.8. The van der Waals surface area contributed by atoms with Crippen LogP contribution in [0.3, 0.4) is 0 Å². The van der Waals surface area contributed by atoms with Gasteiger partial charge >= 0.3 is 0 Å². The number of benzene rings is 1. The summed E-state index contributed by atoms with van der Waals surface area (Å²) in [5, 5.41) is 1.05. The number of aromatic nitrogens is 4. The number of rotatable bonds is 4. The number of ether oxygens (including phenoxy) is 1. The maximum Gasteiger partial charge on any atom is 0.253 e. The number of hydrogen-bond acceptors (Lipinski definition) is 5. The average molecular weight is 433 g/mol. The number of aryl methyl sites for hydroxylation is 2. The molecule has 5 rings (SSSR count). The molecule has 8 nitrogen and oxygen atoms in total. The van der Waals surface area contributed by atoms with Crippen molar-refractivity contribution in [3.05, 3.63) is 42.1 Å². The molecule has 1 aromatic carbocycles. The number of carbonyl (C=O) groups is 1. The first-order chi connectivity index (χ1) is 15.5. The molecule has 4 heterocycles. The molecule has 0 spiro atoms. The summed E-state index contributed by atoms with van der Waals surface area (Å²) >= 11 is 0. The molecule has 2 N–H and O–H groups in total. The van der Waals surface area contributed by atoms with E-state index in [4.69, 9.17) is 15.5 Å². The van der Waals surface area contributed by atoms with Crippen LogP contribution < -0.4 is 10.5 Å². The van der Waals surface area contributed by atoms with E-state index in [-0.39, 0.29) is 11.9 Å². The molecule has 0 bridgehead atoms. The van der Waals surface area contributed by atoms with Gasteiger partial charge in [-0.05, 0) is 44.0 Å². The fourth-order valence-electron chi connectivity index (χ4n) is 4.72. The maximum atomic E-state index is 13.0. The van der Waals surface area contributed by atoms with Crippen molar-refractivity contribution >= 4 is 27.8 Å². The lowest BCUT2D eigenvalue weighted by molar-refractivity contribution is 0.0709. The minimum Gasteiger partial charge on any atom is -0.481 e. The number of pyridine rings is 1. The zero-order valence-electron chi connectivity index (χ0n) is 18.7. The standard InChI is InChI=1S/C24H28N6O2/c1-4-30-20(11-16-12-22(32-3)26-13-21(16)30)23-27-18-10-15(7-8-19(18)28(23)2)24(31)29-9-5-6-17(25)14-29/h7-8,10-13,17H,4-6,9,14,25H2,1-3H3. The second-order valence-corrected chi connectivity index (χ2v) is 8.41. The second-order valence-electron chi connectivity index (χ2n) is 8.41. The molecular formula is C24H28N6O2. The van der Waals surface area contributed by atoms with E-state index in [9.17, 15) is 4.79 Å². The molecule has 0 aliphatic carbocycles. The number of likely N-dealkylation sites (tertiary alicyclic amines) is 1. The molecule has 1 fully saturated rings. The van der Waals surface area contributed by atoms with Gasteiger partial charge in [-0.25, -0.2) is 9.97 Å². The van der Waals surface area contributed by atoms with Gasteiger partial charge in [-0.3, -0.25) is 4.79 Å². The Morgan fingerprint density at radius 1 is 1.25 bits per heavy atom. The largest absolute Gasteiger partial charge is 0.481 e. The van der Waals surface area contributed by atoms with Gasteiger partial charge in [0.15, 0.2) is 5.82 Å². The molecule has 1 saturated heterocycles. The number of imidazole rings is 1. The number of carbonyl (C=O) groups excluding carboxylic acids is 1. The highest BCUT2D eigenvalue weighted by Crippen LogP contribution is 2.31. The molecule has 1 unspecified atom stereocenters. The van der Waals surface area contributed by atoms with Gasteiger partial charge in [0.25, 0.3) is 5.91 Å². The Labute approximate surface area is 186 Å². The Morgan fingerprint density at radius 2 is 2.09 bits per heavy atom. The van der Waals surface area contributed by atoms with Crippen molar-refractivity contribution in [2.45, 2.75) is 32.4 Å². The molecule has 1 atom stereocenters. The monoisotopic (exact) mass is 432 g/mol. The second kappa shape index (κ2) is 7.94. The summed E-state index contributed by atoms with van der Waals surface area (Å²) in [7, 11) is 3.63. The van der Waals surface area contributed by atoms with Gasteiger partial charge in [0, 0.05) is 49.7 Å². The summed E-state index contributed by atoms with van der Waals surface area (Å²) in [5.74, 6) is 1.46. The van der Waals surface area contributed by atoms with Gasteiger partial charge in [-0.15, -0.1) is 0 Å². The summed E-state index contributed by atoms with van der Waals surface area (Å²) in [5.41, 5.74) is 10.6. The van der Waals surface area contributed by atoms with Crippen molar-refractivity contribution in [3.8, 4) is 17.4 Å². The van der Waals surface area contributed by atoms with E-state index in [1.807, 2.05) is 42.4 Å². The van der Waals surface area contributed by atoms with E-state index in [0.717, 1.165) is 59.4 Å². The lowest BCUT2D eigenvalue weighted by atomic mass is 10.1. The predicted molar refractivity (Wildman–Crippen MR) is 125 cm³/mol. The number of piperidine rings is 1. The van der Waals surface area contributed by atoms with Crippen molar-refractivity contribution in [1.29, 1.82) is 0 Å². The molecule has 8 heteroatoms. The zero-order valence-corrected chi connectivity index (χ0v) is 18.7. The van der Waals surface area contributed by atoms with Crippen molar-refractivity contribution in [2.75, 3.05) is 20.2 Å². The van der Waals surface area contributed by atoms with Crippen LogP contribution in [-0.2, 0) is 13.6 Å². The molecular weight excluding hydrogens is 404 g/mol. The first-order valence-electron chi connectivity index (χ1n) is 11.0. The van der Waals surface area contributed by atoms with E-state index >= 15 is 0 Å². The Kier molecular flexibility index (Phi) is 5.09. The number of fused-ring (bicyclic) bond motifs is 2. The van der Waals surface area contributed by atoms with E-state index in [2.05, 4.69) is 27.1 Å². The Balaban J connectivity index is 1.57. The summed E-state index contributed by atoms with van der Waals surface area (Å²) < 4.78 is 9.56. The van der Waals surface area contributed by atoms with Crippen molar-refractivity contribution in [1.82, 2.24) is 24.0 Å². The number of hydrogen-bond donors (Lipinski definition) is 1. The van der Waals surface area contributed by atoms with Crippen LogP contribution in [0, 0.1) is 0 Å². The van der Waals surface area contributed by atoms with Crippen LogP contribution >= 0.6 is 0 Å². The van der Waals surface area contributed by atoms with E-state index in [1.54, 1.807) is 7.11 Å². The average Bonchev–Trinajstić information content (AvgIpc) is 3.34. The first kappa shape index (κ1) is 20.5. The fourth-order valence-corrected chi connectivity index (χ4v) is 4.72. The summed E-state index contributed by atoms with van der Waals surface area (Å²) in [6.45, 7) is 4.26. The third kappa shape index (κ3) is 3.31. The van der Waals surface area contributed by atoms with Gasteiger partial charge in [-0.2, -0.15) is 0 Å². The van der Waals surface area contributed by atoms with E-state index in [1.165, 1.54) is 0 Å². The SMILES string of the molecule is CCn1c(-c2nc3cc(C(=O)N4CCCC(N)C4)ccc3n2C)cc2cc(OC)ncc21.